The molecule has 0 amide bonds. The molecule has 0 aliphatic carbocycles. The Balaban J connectivity index is 2.57. The second kappa shape index (κ2) is 6.01. The van der Waals surface area contributed by atoms with E-state index in [9.17, 15) is 5.26 Å². The lowest BCUT2D eigenvalue weighted by Crippen LogP contribution is -2.19. The number of hydrogen-bond acceptors (Lipinski definition) is 4. The lowest BCUT2D eigenvalue weighted by molar-refractivity contribution is 0.595. The summed E-state index contributed by atoms with van der Waals surface area (Å²) in [5, 5.41) is 21.6. The van der Waals surface area contributed by atoms with Crippen LogP contribution in [0, 0.1) is 22.7 Å². The summed E-state index contributed by atoms with van der Waals surface area (Å²) in [6.45, 7) is 4.97. The SMILES string of the molecule is CCNC(C)c1ccccc1-n1cnc(C#N)c1C#N. The molecule has 1 atom stereocenters. The standard InChI is InChI=1S/C15H15N5/c1-3-18-11(2)12-6-4-5-7-14(12)20-10-19-13(8-16)15(20)9-17/h4-7,10-11,18H,3H2,1-2H3. The maximum Gasteiger partial charge on any atom is 0.177 e. The smallest absolute Gasteiger partial charge is 0.177 e. The third-order valence-corrected chi connectivity index (χ3v) is 3.15. The van der Waals surface area contributed by atoms with Gasteiger partial charge in [0.05, 0.1) is 5.69 Å². The van der Waals surface area contributed by atoms with Crippen LogP contribution in [0.5, 0.6) is 0 Å². The molecule has 1 aromatic heterocycles. The van der Waals surface area contributed by atoms with Crippen molar-refractivity contribution in [3.63, 3.8) is 0 Å². The Morgan fingerprint density at radius 2 is 2.05 bits per heavy atom. The van der Waals surface area contributed by atoms with Gasteiger partial charge in [0, 0.05) is 6.04 Å². The summed E-state index contributed by atoms with van der Waals surface area (Å²) in [6, 6.07) is 11.9. The number of benzene rings is 1. The van der Waals surface area contributed by atoms with Gasteiger partial charge in [-0.2, -0.15) is 10.5 Å². The number of para-hydroxylation sites is 1. The fourth-order valence-corrected chi connectivity index (χ4v) is 2.21. The molecule has 2 aromatic rings. The maximum atomic E-state index is 9.24. The van der Waals surface area contributed by atoms with Gasteiger partial charge in [-0.15, -0.1) is 0 Å². The van der Waals surface area contributed by atoms with Gasteiger partial charge in [-0.3, -0.25) is 4.57 Å². The van der Waals surface area contributed by atoms with E-state index in [0.717, 1.165) is 17.8 Å². The highest BCUT2D eigenvalue weighted by Crippen LogP contribution is 2.23. The molecule has 0 bridgehead atoms. The molecule has 1 aromatic carbocycles. The second-order valence-electron chi connectivity index (χ2n) is 4.37. The van der Waals surface area contributed by atoms with Crippen molar-refractivity contribution < 1.29 is 0 Å². The van der Waals surface area contributed by atoms with E-state index in [1.807, 2.05) is 43.3 Å². The number of nitriles is 2. The van der Waals surface area contributed by atoms with E-state index in [-0.39, 0.29) is 17.4 Å². The van der Waals surface area contributed by atoms with Crippen LogP contribution in [0.1, 0.15) is 36.8 Å². The molecule has 1 N–H and O–H groups in total. The first-order chi connectivity index (χ1) is 9.72. The summed E-state index contributed by atoms with van der Waals surface area (Å²) in [5.74, 6) is 0. The molecular formula is C15H15N5. The highest BCUT2D eigenvalue weighted by molar-refractivity contribution is 5.49. The van der Waals surface area contributed by atoms with Crippen molar-refractivity contribution in [2.45, 2.75) is 19.9 Å². The average Bonchev–Trinajstić information content (AvgIpc) is 2.90. The quantitative estimate of drug-likeness (QED) is 0.920. The molecule has 1 heterocycles. The van der Waals surface area contributed by atoms with Gasteiger partial charge >= 0.3 is 0 Å². The molecule has 100 valence electrons. The summed E-state index contributed by atoms with van der Waals surface area (Å²) in [5.41, 5.74) is 2.35. The van der Waals surface area contributed by atoms with Crippen molar-refractivity contribution in [1.29, 1.82) is 10.5 Å². The van der Waals surface area contributed by atoms with Gasteiger partial charge in [-0.1, -0.05) is 25.1 Å². The lowest BCUT2D eigenvalue weighted by Gasteiger charge is -2.17. The van der Waals surface area contributed by atoms with Crippen LogP contribution in [-0.2, 0) is 0 Å². The van der Waals surface area contributed by atoms with Gasteiger partial charge in [0.1, 0.15) is 18.5 Å². The Bertz CT molecular complexity index is 687. The van der Waals surface area contributed by atoms with Crippen molar-refractivity contribution in [3.05, 3.63) is 47.5 Å². The molecule has 0 saturated heterocycles. The molecule has 0 fully saturated rings. The van der Waals surface area contributed by atoms with Crippen LogP contribution in [0.15, 0.2) is 30.6 Å². The average molecular weight is 265 g/mol. The Kier molecular flexibility index (Phi) is 4.14. The normalized spacial score (nSPS) is 11.6. The van der Waals surface area contributed by atoms with E-state index in [4.69, 9.17) is 5.26 Å². The van der Waals surface area contributed by atoms with Crippen LogP contribution in [0.3, 0.4) is 0 Å². The fraction of sp³-hybridized carbons (Fsp3) is 0.267. The first-order valence-electron chi connectivity index (χ1n) is 6.43. The Labute approximate surface area is 118 Å². The maximum absolute atomic E-state index is 9.24. The summed E-state index contributed by atoms with van der Waals surface area (Å²) in [7, 11) is 0. The summed E-state index contributed by atoms with van der Waals surface area (Å²) < 4.78 is 1.67. The molecule has 0 saturated carbocycles. The van der Waals surface area contributed by atoms with Crippen molar-refractivity contribution >= 4 is 0 Å². The summed E-state index contributed by atoms with van der Waals surface area (Å²) in [6.07, 6.45) is 1.52. The molecule has 5 nitrogen and oxygen atoms in total. The molecule has 0 aliphatic heterocycles. The van der Waals surface area contributed by atoms with E-state index < -0.39 is 0 Å². The van der Waals surface area contributed by atoms with Crippen molar-refractivity contribution in [2.75, 3.05) is 6.54 Å². The lowest BCUT2D eigenvalue weighted by atomic mass is 10.1. The van der Waals surface area contributed by atoms with Gasteiger partial charge in [0.25, 0.3) is 0 Å². The zero-order valence-corrected chi connectivity index (χ0v) is 11.5. The molecule has 0 aliphatic rings. The third-order valence-electron chi connectivity index (χ3n) is 3.15. The molecule has 0 radical (unpaired) electrons. The van der Waals surface area contributed by atoms with Gasteiger partial charge in [-0.05, 0) is 25.1 Å². The first kappa shape index (κ1) is 13.8. The minimum atomic E-state index is 0.149. The van der Waals surface area contributed by atoms with Crippen LogP contribution in [-0.4, -0.2) is 16.1 Å². The fourth-order valence-electron chi connectivity index (χ4n) is 2.21. The summed E-state index contributed by atoms with van der Waals surface area (Å²) >= 11 is 0. The Hall–Kier alpha value is -2.63. The number of rotatable bonds is 4. The molecule has 0 spiro atoms. The first-order valence-corrected chi connectivity index (χ1v) is 6.43. The second-order valence-corrected chi connectivity index (χ2v) is 4.37. The molecule has 1 unspecified atom stereocenters. The Morgan fingerprint density at radius 1 is 1.30 bits per heavy atom. The summed E-state index contributed by atoms with van der Waals surface area (Å²) in [4.78, 5) is 3.99. The predicted molar refractivity (Wildman–Crippen MR) is 75.1 cm³/mol. The molecule has 20 heavy (non-hydrogen) atoms. The van der Waals surface area contributed by atoms with Crippen LogP contribution in [0.2, 0.25) is 0 Å². The van der Waals surface area contributed by atoms with Crippen LogP contribution >= 0.6 is 0 Å². The van der Waals surface area contributed by atoms with Crippen LogP contribution in [0.4, 0.5) is 0 Å². The minimum absolute atomic E-state index is 0.149. The molecule has 5 heteroatoms. The number of aromatic nitrogens is 2. The van der Waals surface area contributed by atoms with Gasteiger partial charge in [-0.25, -0.2) is 4.98 Å². The van der Waals surface area contributed by atoms with E-state index in [2.05, 4.69) is 17.2 Å². The monoisotopic (exact) mass is 265 g/mol. The van der Waals surface area contributed by atoms with Crippen LogP contribution < -0.4 is 5.32 Å². The minimum Gasteiger partial charge on any atom is -0.310 e. The van der Waals surface area contributed by atoms with Gasteiger partial charge in [0.15, 0.2) is 11.4 Å². The zero-order valence-electron chi connectivity index (χ0n) is 11.5. The van der Waals surface area contributed by atoms with E-state index >= 15 is 0 Å². The zero-order chi connectivity index (χ0) is 14.5. The Morgan fingerprint density at radius 3 is 2.70 bits per heavy atom. The highest BCUT2D eigenvalue weighted by Gasteiger charge is 2.16. The third kappa shape index (κ3) is 2.40. The molecule has 2 rings (SSSR count). The molecular weight excluding hydrogens is 250 g/mol. The number of imidazole rings is 1. The van der Waals surface area contributed by atoms with Crippen molar-refractivity contribution in [3.8, 4) is 17.8 Å². The van der Waals surface area contributed by atoms with E-state index in [0.29, 0.717) is 0 Å². The number of hydrogen-bond donors (Lipinski definition) is 1. The van der Waals surface area contributed by atoms with E-state index in [1.54, 1.807) is 4.57 Å². The largest absolute Gasteiger partial charge is 0.310 e. The number of nitrogens with one attached hydrogen (secondary N) is 1. The number of nitrogens with zero attached hydrogens (tertiary/aromatic N) is 4. The predicted octanol–water partition coefficient (Wildman–Crippen LogP) is 2.29. The van der Waals surface area contributed by atoms with Gasteiger partial charge < -0.3 is 5.32 Å². The van der Waals surface area contributed by atoms with Gasteiger partial charge in [0.2, 0.25) is 0 Å². The highest BCUT2D eigenvalue weighted by atomic mass is 15.1. The van der Waals surface area contributed by atoms with Crippen molar-refractivity contribution in [2.24, 2.45) is 0 Å². The van der Waals surface area contributed by atoms with Crippen molar-refractivity contribution in [1.82, 2.24) is 14.9 Å². The van der Waals surface area contributed by atoms with E-state index in [1.165, 1.54) is 6.33 Å². The van der Waals surface area contributed by atoms with Crippen LogP contribution in [0.25, 0.3) is 5.69 Å². The topological polar surface area (TPSA) is 77.4 Å².